The van der Waals surface area contributed by atoms with Crippen LogP contribution >= 0.6 is 0 Å². The summed E-state index contributed by atoms with van der Waals surface area (Å²) in [5.41, 5.74) is -0.282. The molecule has 1 saturated carbocycles. The Labute approximate surface area is 96.2 Å². The summed E-state index contributed by atoms with van der Waals surface area (Å²) in [6.07, 6.45) is 7.81. The number of fused-ring (bicyclic) bond motifs is 1. The van der Waals surface area contributed by atoms with E-state index in [9.17, 15) is 9.59 Å². The van der Waals surface area contributed by atoms with E-state index in [0.717, 1.165) is 45.1 Å². The molecule has 3 nitrogen and oxygen atoms in total. The van der Waals surface area contributed by atoms with Crippen molar-refractivity contribution >= 4 is 11.7 Å². The van der Waals surface area contributed by atoms with Crippen molar-refractivity contribution in [3.8, 4) is 0 Å². The van der Waals surface area contributed by atoms with Gasteiger partial charge in [0, 0.05) is 13.0 Å². The summed E-state index contributed by atoms with van der Waals surface area (Å²) in [5, 5.41) is 0. The number of carbonyl (C=O) groups excluding carboxylic acids is 2. The van der Waals surface area contributed by atoms with Crippen molar-refractivity contribution in [1.29, 1.82) is 0 Å². The Morgan fingerprint density at radius 2 is 1.81 bits per heavy atom. The van der Waals surface area contributed by atoms with E-state index in [1.807, 2.05) is 4.90 Å². The van der Waals surface area contributed by atoms with Gasteiger partial charge in [-0.15, -0.1) is 0 Å². The van der Waals surface area contributed by atoms with E-state index in [2.05, 4.69) is 0 Å². The van der Waals surface area contributed by atoms with Crippen LogP contribution in [0.3, 0.4) is 0 Å². The minimum atomic E-state index is -0.282. The molecule has 0 aromatic heterocycles. The average molecular weight is 221 g/mol. The van der Waals surface area contributed by atoms with Crippen LogP contribution in [0.15, 0.2) is 0 Å². The lowest BCUT2D eigenvalue weighted by atomic mass is 9.67. The lowest BCUT2D eigenvalue weighted by Crippen LogP contribution is -2.55. The zero-order valence-electron chi connectivity index (χ0n) is 9.71. The molecule has 1 aliphatic carbocycles. The standard InChI is InChI=1S/C13H19NO2/c15-11-9-13(6-2-1-3-7-13)12(16)14-8-4-5-10(11)14/h10H,1-9H2/t10-/m0/s1. The lowest BCUT2D eigenvalue weighted by Gasteiger charge is -2.44. The number of rotatable bonds is 0. The number of amides is 1. The first kappa shape index (κ1) is 10.3. The Morgan fingerprint density at radius 3 is 2.56 bits per heavy atom. The van der Waals surface area contributed by atoms with Crippen molar-refractivity contribution in [2.45, 2.75) is 57.4 Å². The van der Waals surface area contributed by atoms with Crippen LogP contribution in [0.1, 0.15) is 51.4 Å². The number of nitrogens with zero attached hydrogens (tertiary/aromatic N) is 1. The first-order valence-corrected chi connectivity index (χ1v) is 6.57. The van der Waals surface area contributed by atoms with Crippen molar-refractivity contribution in [3.63, 3.8) is 0 Å². The van der Waals surface area contributed by atoms with Gasteiger partial charge in [-0.1, -0.05) is 19.3 Å². The van der Waals surface area contributed by atoms with Gasteiger partial charge in [0.05, 0.1) is 11.5 Å². The molecule has 2 saturated heterocycles. The number of piperidine rings is 1. The highest BCUT2D eigenvalue weighted by Gasteiger charge is 2.52. The molecule has 1 spiro atoms. The molecule has 2 heterocycles. The highest BCUT2D eigenvalue weighted by Crippen LogP contribution is 2.46. The number of carbonyl (C=O) groups is 2. The largest absolute Gasteiger partial charge is 0.332 e. The highest BCUT2D eigenvalue weighted by molar-refractivity contribution is 5.99. The molecule has 16 heavy (non-hydrogen) atoms. The summed E-state index contributed by atoms with van der Waals surface area (Å²) in [6, 6.07) is -0.0555. The normalized spacial score (nSPS) is 33.2. The zero-order chi connectivity index (χ0) is 11.2. The van der Waals surface area contributed by atoms with Crippen molar-refractivity contribution in [2.75, 3.05) is 6.54 Å². The molecule has 3 fully saturated rings. The minimum Gasteiger partial charge on any atom is -0.332 e. The van der Waals surface area contributed by atoms with E-state index in [-0.39, 0.29) is 11.5 Å². The van der Waals surface area contributed by atoms with Crippen molar-refractivity contribution in [3.05, 3.63) is 0 Å². The second kappa shape index (κ2) is 3.57. The predicted octanol–water partition coefficient (Wildman–Crippen LogP) is 1.90. The van der Waals surface area contributed by atoms with Gasteiger partial charge >= 0.3 is 0 Å². The molecule has 0 N–H and O–H groups in total. The van der Waals surface area contributed by atoms with Gasteiger partial charge in [-0.3, -0.25) is 9.59 Å². The third-order valence-corrected chi connectivity index (χ3v) is 4.66. The maximum absolute atomic E-state index is 12.5. The maximum atomic E-state index is 12.5. The number of ketones is 1. The van der Waals surface area contributed by atoms with Crippen LogP contribution in [0.4, 0.5) is 0 Å². The van der Waals surface area contributed by atoms with Crippen molar-refractivity contribution < 1.29 is 9.59 Å². The molecule has 1 atom stereocenters. The lowest BCUT2D eigenvalue weighted by molar-refractivity contribution is -0.157. The van der Waals surface area contributed by atoms with Crippen LogP contribution in [0.25, 0.3) is 0 Å². The van der Waals surface area contributed by atoms with Gasteiger partial charge in [0.2, 0.25) is 5.91 Å². The molecule has 0 bridgehead atoms. The van der Waals surface area contributed by atoms with Crippen molar-refractivity contribution in [2.24, 2.45) is 5.41 Å². The summed E-state index contributed by atoms with van der Waals surface area (Å²) < 4.78 is 0. The molecule has 3 aliphatic rings. The van der Waals surface area contributed by atoms with Crippen molar-refractivity contribution in [1.82, 2.24) is 4.90 Å². The van der Waals surface area contributed by atoms with Gasteiger partial charge in [0.15, 0.2) is 5.78 Å². The van der Waals surface area contributed by atoms with E-state index in [1.54, 1.807) is 0 Å². The molecule has 3 rings (SSSR count). The number of hydrogen-bond acceptors (Lipinski definition) is 2. The quantitative estimate of drug-likeness (QED) is 0.626. The zero-order valence-corrected chi connectivity index (χ0v) is 9.71. The van der Waals surface area contributed by atoms with Crippen LogP contribution in [-0.4, -0.2) is 29.2 Å². The Kier molecular flexibility index (Phi) is 2.30. The Bertz CT molecular complexity index is 331. The summed E-state index contributed by atoms with van der Waals surface area (Å²) >= 11 is 0. The fraction of sp³-hybridized carbons (Fsp3) is 0.846. The fourth-order valence-corrected chi connectivity index (χ4v) is 3.80. The van der Waals surface area contributed by atoms with Crippen LogP contribution in [-0.2, 0) is 9.59 Å². The number of Topliss-reactive ketones (excluding diaryl/α,β-unsaturated/α-hetero) is 1. The fourth-order valence-electron chi connectivity index (χ4n) is 3.80. The maximum Gasteiger partial charge on any atom is 0.229 e. The minimum absolute atomic E-state index is 0.0555. The molecular weight excluding hydrogens is 202 g/mol. The first-order valence-electron chi connectivity index (χ1n) is 6.57. The summed E-state index contributed by atoms with van der Waals surface area (Å²) in [6.45, 7) is 0.816. The third kappa shape index (κ3) is 1.33. The van der Waals surface area contributed by atoms with Crippen LogP contribution in [0.2, 0.25) is 0 Å². The SMILES string of the molecule is O=C1CC2(CCCCC2)C(=O)N2CCC[C@@H]12. The van der Waals surface area contributed by atoms with Gasteiger partial charge in [-0.25, -0.2) is 0 Å². The third-order valence-electron chi connectivity index (χ3n) is 4.66. The number of hydrogen-bond donors (Lipinski definition) is 0. The molecule has 0 aromatic rings. The second-order valence-corrected chi connectivity index (χ2v) is 5.64. The average Bonchev–Trinajstić information content (AvgIpc) is 2.77. The monoisotopic (exact) mass is 221 g/mol. The smallest absolute Gasteiger partial charge is 0.229 e. The molecule has 0 unspecified atom stereocenters. The molecule has 2 aliphatic heterocycles. The Balaban J connectivity index is 1.90. The highest BCUT2D eigenvalue weighted by atomic mass is 16.2. The van der Waals surface area contributed by atoms with E-state index in [4.69, 9.17) is 0 Å². The molecule has 0 aromatic carbocycles. The van der Waals surface area contributed by atoms with Gasteiger partial charge in [-0.05, 0) is 25.7 Å². The Hall–Kier alpha value is -0.860. The van der Waals surface area contributed by atoms with E-state index in [1.165, 1.54) is 6.42 Å². The molecule has 88 valence electrons. The molecule has 3 heteroatoms. The van der Waals surface area contributed by atoms with Gasteiger partial charge in [-0.2, -0.15) is 0 Å². The Morgan fingerprint density at radius 1 is 1.06 bits per heavy atom. The predicted molar refractivity (Wildman–Crippen MR) is 59.9 cm³/mol. The second-order valence-electron chi connectivity index (χ2n) is 5.64. The summed E-state index contributed by atoms with van der Waals surface area (Å²) in [4.78, 5) is 26.5. The van der Waals surface area contributed by atoms with Gasteiger partial charge < -0.3 is 4.90 Å². The van der Waals surface area contributed by atoms with Gasteiger partial charge in [0.1, 0.15) is 0 Å². The van der Waals surface area contributed by atoms with Gasteiger partial charge in [0.25, 0.3) is 0 Å². The topological polar surface area (TPSA) is 37.4 Å². The van der Waals surface area contributed by atoms with E-state index in [0.29, 0.717) is 18.1 Å². The molecular formula is C13H19NO2. The first-order chi connectivity index (χ1) is 7.73. The summed E-state index contributed by atoms with van der Waals surface area (Å²) in [7, 11) is 0. The van der Waals surface area contributed by atoms with Crippen LogP contribution in [0.5, 0.6) is 0 Å². The molecule has 0 radical (unpaired) electrons. The van der Waals surface area contributed by atoms with Crippen LogP contribution in [0, 0.1) is 5.41 Å². The van der Waals surface area contributed by atoms with Crippen LogP contribution < -0.4 is 0 Å². The molecule has 1 amide bonds. The van der Waals surface area contributed by atoms with E-state index < -0.39 is 0 Å². The summed E-state index contributed by atoms with van der Waals surface area (Å²) in [5.74, 6) is 0.633. The van der Waals surface area contributed by atoms with E-state index >= 15 is 0 Å².